The van der Waals surface area contributed by atoms with Gasteiger partial charge in [0.1, 0.15) is 23.1 Å². The predicted molar refractivity (Wildman–Crippen MR) is 208 cm³/mol. The van der Waals surface area contributed by atoms with Crippen LogP contribution in [0.3, 0.4) is 0 Å². The zero-order valence-electron chi connectivity index (χ0n) is 31.0. The molecule has 0 fully saturated rings. The van der Waals surface area contributed by atoms with Crippen molar-refractivity contribution in [2.75, 3.05) is 10.6 Å². The van der Waals surface area contributed by atoms with E-state index < -0.39 is 5.79 Å². The Balaban J connectivity index is 0.000000188. The minimum absolute atomic E-state index is 0.0240. The van der Waals surface area contributed by atoms with Gasteiger partial charge in [-0.1, -0.05) is 24.3 Å². The molecule has 0 amide bonds. The predicted octanol–water partition coefficient (Wildman–Crippen LogP) is 7.71. The summed E-state index contributed by atoms with van der Waals surface area (Å²) in [7, 11) is 0. The SMILES string of the molecule is Cc1ncc(CNc2ccc(-c3ccc(C#N)cc3)cn2)c(CO)c1O.Cc1ncc(CNc2ccc(-c3ccc(C#N)cc3)cn2)c2c1OC(C)(C)OC2. The fourth-order valence-corrected chi connectivity index (χ4v) is 5.84. The second-order valence-corrected chi connectivity index (χ2v) is 13.3. The average Bonchev–Trinajstić information content (AvgIpc) is 3.21. The van der Waals surface area contributed by atoms with E-state index in [9.17, 15) is 10.2 Å². The number of anilines is 2. The Morgan fingerprint density at radius 2 is 1.16 bits per heavy atom. The van der Waals surface area contributed by atoms with Gasteiger partial charge in [0, 0.05) is 74.0 Å². The molecule has 55 heavy (non-hydrogen) atoms. The average molecular weight is 733 g/mol. The largest absolute Gasteiger partial charge is 0.506 e. The van der Waals surface area contributed by atoms with Crippen LogP contribution in [0.15, 0.2) is 97.6 Å². The highest BCUT2D eigenvalue weighted by molar-refractivity contribution is 5.65. The number of ether oxygens (including phenoxy) is 2. The van der Waals surface area contributed by atoms with Gasteiger partial charge in [-0.3, -0.25) is 9.97 Å². The van der Waals surface area contributed by atoms with E-state index in [0.29, 0.717) is 53.5 Å². The second-order valence-electron chi connectivity index (χ2n) is 13.3. The van der Waals surface area contributed by atoms with Crippen LogP contribution in [0.4, 0.5) is 11.6 Å². The number of aryl methyl sites for hydroxylation is 2. The first-order valence-corrected chi connectivity index (χ1v) is 17.6. The van der Waals surface area contributed by atoms with Gasteiger partial charge in [0.2, 0.25) is 5.79 Å². The maximum absolute atomic E-state index is 9.99. The Bertz CT molecular complexity index is 2350. The van der Waals surface area contributed by atoms with E-state index in [2.05, 4.69) is 42.7 Å². The van der Waals surface area contributed by atoms with Gasteiger partial charge >= 0.3 is 0 Å². The summed E-state index contributed by atoms with van der Waals surface area (Å²) in [6, 6.07) is 26.7. The molecule has 2 aromatic carbocycles. The van der Waals surface area contributed by atoms with Gasteiger partial charge in [-0.25, -0.2) is 9.97 Å². The van der Waals surface area contributed by atoms with Crippen molar-refractivity contribution in [3.8, 4) is 45.9 Å². The van der Waals surface area contributed by atoms with Crippen molar-refractivity contribution in [2.45, 2.75) is 59.8 Å². The fourth-order valence-electron chi connectivity index (χ4n) is 5.84. The molecule has 0 atom stereocenters. The van der Waals surface area contributed by atoms with Gasteiger partial charge in [0.15, 0.2) is 0 Å². The van der Waals surface area contributed by atoms with Crippen LogP contribution in [0, 0.1) is 36.5 Å². The van der Waals surface area contributed by atoms with Crippen LogP contribution >= 0.6 is 0 Å². The highest BCUT2D eigenvalue weighted by atomic mass is 16.7. The summed E-state index contributed by atoms with van der Waals surface area (Å²) in [5.41, 5.74) is 9.82. The number of nitriles is 2. The molecule has 12 nitrogen and oxygen atoms in total. The highest BCUT2D eigenvalue weighted by Crippen LogP contribution is 2.35. The number of nitrogens with zero attached hydrogens (tertiary/aromatic N) is 6. The number of hydrogen-bond donors (Lipinski definition) is 4. The molecule has 1 aliphatic heterocycles. The molecular formula is C43H40N8O4. The number of benzene rings is 2. The standard InChI is InChI=1S/C23H22N4O2.C20H18N4O2/c1-15-22-20(14-28-23(2,3)29-22)19(12-25-15)13-27-21-9-8-18(11-26-21)17-6-4-16(10-24)5-7-17;1-13-20(26)18(12-25)17(10-22-13)11-24-19-7-6-16(9-23-19)15-4-2-14(8-21)3-5-15/h4-9,11-12H,13-14H2,1-3H3,(H,26,27);2-7,9-10,25-26H,11-12H2,1H3,(H,23,24). The molecule has 12 heteroatoms. The number of aliphatic hydroxyl groups excluding tert-OH is 1. The summed E-state index contributed by atoms with van der Waals surface area (Å²) in [5, 5.41) is 43.7. The molecule has 276 valence electrons. The molecule has 0 radical (unpaired) electrons. The molecule has 4 N–H and O–H groups in total. The van der Waals surface area contributed by atoms with E-state index in [0.717, 1.165) is 50.6 Å². The number of hydrogen-bond acceptors (Lipinski definition) is 12. The zero-order chi connectivity index (χ0) is 39.0. The number of aliphatic hydroxyl groups is 1. The van der Waals surface area contributed by atoms with Gasteiger partial charge in [-0.2, -0.15) is 10.5 Å². The Labute approximate surface area is 319 Å². The molecule has 1 aliphatic rings. The van der Waals surface area contributed by atoms with Crippen molar-refractivity contribution < 1.29 is 19.7 Å². The molecular weight excluding hydrogens is 693 g/mol. The Morgan fingerprint density at radius 3 is 1.65 bits per heavy atom. The van der Waals surface area contributed by atoms with Crippen LogP contribution in [-0.2, 0) is 31.0 Å². The topological polar surface area (TPSA) is 182 Å². The van der Waals surface area contributed by atoms with Crippen LogP contribution in [0.1, 0.15) is 58.6 Å². The summed E-state index contributed by atoms with van der Waals surface area (Å²) in [4.78, 5) is 17.5. The van der Waals surface area contributed by atoms with Crippen molar-refractivity contribution in [2.24, 2.45) is 0 Å². The van der Waals surface area contributed by atoms with Gasteiger partial charge in [0.05, 0.1) is 47.9 Å². The number of aromatic hydroxyl groups is 1. The van der Waals surface area contributed by atoms with E-state index >= 15 is 0 Å². The van der Waals surface area contributed by atoms with Gasteiger partial charge in [-0.05, 0) is 84.6 Å². The number of rotatable bonds is 9. The number of aromatic nitrogens is 4. The normalized spacial score (nSPS) is 12.5. The lowest BCUT2D eigenvalue weighted by atomic mass is 10.1. The summed E-state index contributed by atoms with van der Waals surface area (Å²) < 4.78 is 11.8. The van der Waals surface area contributed by atoms with Crippen molar-refractivity contribution in [1.82, 2.24) is 19.9 Å². The Morgan fingerprint density at radius 1 is 0.673 bits per heavy atom. The van der Waals surface area contributed by atoms with Crippen LogP contribution in [0.5, 0.6) is 11.5 Å². The molecule has 0 saturated heterocycles. The molecule has 0 aliphatic carbocycles. The molecule has 0 bridgehead atoms. The second kappa shape index (κ2) is 16.9. The van der Waals surface area contributed by atoms with Crippen molar-refractivity contribution >= 4 is 11.6 Å². The van der Waals surface area contributed by atoms with E-state index in [1.165, 1.54) is 0 Å². The molecule has 0 spiro atoms. The fraction of sp³-hybridized carbons (Fsp3) is 0.209. The smallest absolute Gasteiger partial charge is 0.205 e. The van der Waals surface area contributed by atoms with Crippen LogP contribution in [0.25, 0.3) is 22.3 Å². The molecule has 0 unspecified atom stereocenters. The summed E-state index contributed by atoms with van der Waals surface area (Å²) in [6.07, 6.45) is 7.07. The lowest BCUT2D eigenvalue weighted by Crippen LogP contribution is -2.36. The maximum Gasteiger partial charge on any atom is 0.205 e. The van der Waals surface area contributed by atoms with E-state index in [-0.39, 0.29) is 12.4 Å². The number of nitrogens with one attached hydrogen (secondary N) is 2. The summed E-state index contributed by atoms with van der Waals surface area (Å²) in [6.45, 7) is 8.65. The number of pyridine rings is 4. The van der Waals surface area contributed by atoms with Crippen LogP contribution in [-0.4, -0.2) is 35.9 Å². The van der Waals surface area contributed by atoms with Crippen molar-refractivity contribution in [3.63, 3.8) is 0 Å². The minimum Gasteiger partial charge on any atom is -0.506 e. The van der Waals surface area contributed by atoms with E-state index in [1.54, 1.807) is 43.6 Å². The lowest BCUT2D eigenvalue weighted by molar-refractivity contribution is -0.180. The third-order valence-corrected chi connectivity index (χ3v) is 9.05. The molecule has 5 heterocycles. The molecule has 6 aromatic rings. The maximum atomic E-state index is 9.99. The Hall–Kier alpha value is -6.86. The minimum atomic E-state index is -0.645. The molecule has 7 rings (SSSR count). The monoisotopic (exact) mass is 732 g/mol. The van der Waals surface area contributed by atoms with Gasteiger partial charge < -0.3 is 30.3 Å². The first kappa shape index (κ1) is 37.9. The van der Waals surface area contributed by atoms with Crippen LogP contribution < -0.4 is 15.4 Å². The third kappa shape index (κ3) is 9.21. The zero-order valence-corrected chi connectivity index (χ0v) is 31.0. The van der Waals surface area contributed by atoms with E-state index in [1.807, 2.05) is 81.7 Å². The third-order valence-electron chi connectivity index (χ3n) is 9.05. The first-order chi connectivity index (χ1) is 26.6. The number of fused-ring (bicyclic) bond motifs is 1. The van der Waals surface area contributed by atoms with Crippen molar-refractivity contribution in [1.29, 1.82) is 10.5 Å². The first-order valence-electron chi connectivity index (χ1n) is 17.6. The summed E-state index contributed by atoms with van der Waals surface area (Å²) >= 11 is 0. The Kier molecular flexibility index (Phi) is 11.6. The molecule has 0 saturated carbocycles. The van der Waals surface area contributed by atoms with Gasteiger partial charge in [-0.15, -0.1) is 0 Å². The van der Waals surface area contributed by atoms with Gasteiger partial charge in [0.25, 0.3) is 0 Å². The highest BCUT2D eigenvalue weighted by Gasteiger charge is 2.30. The summed E-state index contributed by atoms with van der Waals surface area (Å²) in [5.74, 6) is 1.63. The van der Waals surface area contributed by atoms with Crippen LogP contribution in [0.2, 0.25) is 0 Å². The quantitative estimate of drug-likeness (QED) is 0.114. The molecule has 4 aromatic heterocycles. The van der Waals surface area contributed by atoms with E-state index in [4.69, 9.17) is 20.0 Å². The lowest BCUT2D eigenvalue weighted by Gasteiger charge is -2.34. The van der Waals surface area contributed by atoms with Crippen molar-refractivity contribution in [3.05, 3.63) is 142 Å².